The second kappa shape index (κ2) is 10.2. The second-order valence-electron chi connectivity index (χ2n) is 13.3. The van der Waals surface area contributed by atoms with Crippen LogP contribution >= 0.6 is 11.3 Å². The summed E-state index contributed by atoms with van der Waals surface area (Å²) in [6.45, 7) is 4.69. The molecule has 0 amide bonds. The summed E-state index contributed by atoms with van der Waals surface area (Å²) in [7, 11) is 0. The molecule has 2 heterocycles. The monoisotopic (exact) mass is 633 g/mol. The van der Waals surface area contributed by atoms with Gasteiger partial charge in [-0.15, -0.1) is 11.3 Å². The molecule has 0 bridgehead atoms. The lowest BCUT2D eigenvalue weighted by Crippen LogP contribution is -2.16. The number of thiophene rings is 1. The molecule has 0 aliphatic heterocycles. The SMILES string of the molecule is CC1(C)c2ccccc2-c2ccc(N(c3ccccc3)c3ccc(-c4cc5c6ccccc6sc5c5c4oc4ccccc45)cc3)cc21. The zero-order valence-corrected chi connectivity index (χ0v) is 27.5. The van der Waals surface area contributed by atoms with Gasteiger partial charge >= 0.3 is 0 Å². The zero-order chi connectivity index (χ0) is 32.0. The largest absolute Gasteiger partial charge is 0.455 e. The predicted octanol–water partition coefficient (Wildman–Crippen LogP) is 13.4. The summed E-state index contributed by atoms with van der Waals surface area (Å²) in [4.78, 5) is 2.37. The molecule has 3 heteroatoms. The minimum Gasteiger partial charge on any atom is -0.455 e. The number of hydrogen-bond acceptors (Lipinski definition) is 3. The summed E-state index contributed by atoms with van der Waals surface area (Å²) < 4.78 is 9.23. The Labute approximate surface area is 283 Å². The van der Waals surface area contributed by atoms with Crippen molar-refractivity contribution < 1.29 is 4.42 Å². The van der Waals surface area contributed by atoms with Crippen LogP contribution in [-0.2, 0) is 5.41 Å². The van der Waals surface area contributed by atoms with Gasteiger partial charge in [0.2, 0.25) is 0 Å². The van der Waals surface area contributed by atoms with Gasteiger partial charge in [-0.2, -0.15) is 0 Å². The smallest absolute Gasteiger partial charge is 0.144 e. The van der Waals surface area contributed by atoms with E-state index < -0.39 is 0 Å². The summed E-state index contributed by atoms with van der Waals surface area (Å²) in [5.74, 6) is 0. The van der Waals surface area contributed by atoms with Gasteiger partial charge in [-0.25, -0.2) is 0 Å². The number of anilines is 3. The number of furan rings is 1. The maximum atomic E-state index is 6.64. The van der Waals surface area contributed by atoms with Crippen molar-refractivity contribution in [1.82, 2.24) is 0 Å². The van der Waals surface area contributed by atoms with Gasteiger partial charge in [-0.1, -0.05) is 111 Å². The molecular weight excluding hydrogens is 603 g/mol. The summed E-state index contributed by atoms with van der Waals surface area (Å²) in [6, 6.07) is 55.0. The molecule has 2 nitrogen and oxygen atoms in total. The van der Waals surface area contributed by atoms with Crippen LogP contribution < -0.4 is 4.90 Å². The Bertz CT molecular complexity index is 2700. The first-order chi connectivity index (χ1) is 23.6. The lowest BCUT2D eigenvalue weighted by atomic mass is 9.82. The lowest BCUT2D eigenvalue weighted by molar-refractivity contribution is 0.660. The third-order valence-corrected chi connectivity index (χ3v) is 11.5. The molecule has 1 aliphatic carbocycles. The fourth-order valence-electron chi connectivity index (χ4n) is 7.92. The number of rotatable bonds is 4. The Morgan fingerprint density at radius 2 is 1.19 bits per heavy atom. The quantitative estimate of drug-likeness (QED) is 0.192. The zero-order valence-electron chi connectivity index (χ0n) is 26.7. The molecule has 9 aromatic rings. The highest BCUT2D eigenvalue weighted by molar-refractivity contribution is 7.26. The highest BCUT2D eigenvalue weighted by Gasteiger charge is 2.35. The summed E-state index contributed by atoms with van der Waals surface area (Å²) in [5, 5.41) is 4.94. The van der Waals surface area contributed by atoms with Crippen molar-refractivity contribution in [1.29, 1.82) is 0 Å². The van der Waals surface area contributed by atoms with Gasteiger partial charge in [0.05, 0.1) is 0 Å². The normalized spacial score (nSPS) is 13.4. The fourth-order valence-corrected chi connectivity index (χ4v) is 9.16. The molecule has 2 aromatic heterocycles. The number of hydrogen-bond donors (Lipinski definition) is 0. The minimum atomic E-state index is -0.0728. The Morgan fingerprint density at radius 1 is 0.521 bits per heavy atom. The molecule has 0 saturated heterocycles. The molecule has 0 saturated carbocycles. The first kappa shape index (κ1) is 27.5. The fraction of sp³-hybridized carbons (Fsp3) is 0.0667. The third-order valence-electron chi connectivity index (χ3n) is 10.3. The third kappa shape index (κ3) is 3.92. The minimum absolute atomic E-state index is 0.0728. The van der Waals surface area contributed by atoms with Gasteiger partial charge < -0.3 is 9.32 Å². The lowest BCUT2D eigenvalue weighted by Gasteiger charge is -2.28. The maximum absolute atomic E-state index is 6.64. The van der Waals surface area contributed by atoms with Gasteiger partial charge in [0, 0.05) is 59.0 Å². The second-order valence-corrected chi connectivity index (χ2v) is 14.4. The van der Waals surface area contributed by atoms with Crippen molar-refractivity contribution in [2.75, 3.05) is 4.90 Å². The molecule has 0 N–H and O–H groups in total. The van der Waals surface area contributed by atoms with E-state index in [0.29, 0.717) is 0 Å². The van der Waals surface area contributed by atoms with E-state index in [1.165, 1.54) is 53.2 Å². The molecule has 0 atom stereocenters. The highest BCUT2D eigenvalue weighted by atomic mass is 32.1. The van der Waals surface area contributed by atoms with E-state index in [0.717, 1.165) is 39.4 Å². The van der Waals surface area contributed by atoms with Gasteiger partial charge in [0.1, 0.15) is 11.2 Å². The highest BCUT2D eigenvalue weighted by Crippen LogP contribution is 2.51. The van der Waals surface area contributed by atoms with E-state index in [2.05, 4.69) is 170 Å². The molecule has 228 valence electrons. The van der Waals surface area contributed by atoms with Crippen LogP contribution in [0.2, 0.25) is 0 Å². The Hall–Kier alpha value is -5.64. The van der Waals surface area contributed by atoms with E-state index in [-0.39, 0.29) is 5.41 Å². The average Bonchev–Trinajstić information content (AvgIpc) is 3.77. The molecular formula is C45H31NOS. The molecule has 10 rings (SSSR count). The van der Waals surface area contributed by atoms with Crippen molar-refractivity contribution in [3.8, 4) is 22.3 Å². The van der Waals surface area contributed by atoms with Gasteiger partial charge in [0.15, 0.2) is 0 Å². The first-order valence-corrected chi connectivity index (χ1v) is 17.3. The van der Waals surface area contributed by atoms with Crippen LogP contribution in [0.25, 0.3) is 64.4 Å². The van der Waals surface area contributed by atoms with Gasteiger partial charge in [0.25, 0.3) is 0 Å². The van der Waals surface area contributed by atoms with Crippen molar-refractivity contribution in [3.05, 3.63) is 163 Å². The Morgan fingerprint density at radius 3 is 2.04 bits per heavy atom. The van der Waals surface area contributed by atoms with E-state index >= 15 is 0 Å². The van der Waals surface area contributed by atoms with Crippen LogP contribution in [-0.4, -0.2) is 0 Å². The molecule has 0 fully saturated rings. The molecule has 0 radical (unpaired) electrons. The van der Waals surface area contributed by atoms with Crippen molar-refractivity contribution in [2.45, 2.75) is 19.3 Å². The number of benzene rings is 7. The van der Waals surface area contributed by atoms with Crippen LogP contribution in [0.1, 0.15) is 25.0 Å². The Balaban J connectivity index is 1.14. The van der Waals surface area contributed by atoms with Crippen molar-refractivity contribution in [3.63, 3.8) is 0 Å². The van der Waals surface area contributed by atoms with Crippen molar-refractivity contribution >= 4 is 70.5 Å². The Kier molecular flexibility index (Phi) is 5.82. The van der Waals surface area contributed by atoms with E-state index in [4.69, 9.17) is 4.42 Å². The van der Waals surface area contributed by atoms with Crippen LogP contribution in [0.4, 0.5) is 17.1 Å². The van der Waals surface area contributed by atoms with Gasteiger partial charge in [-0.3, -0.25) is 0 Å². The maximum Gasteiger partial charge on any atom is 0.144 e. The molecule has 48 heavy (non-hydrogen) atoms. The van der Waals surface area contributed by atoms with E-state index in [9.17, 15) is 0 Å². The van der Waals surface area contributed by atoms with E-state index in [1.54, 1.807) is 0 Å². The van der Waals surface area contributed by atoms with E-state index in [1.807, 2.05) is 11.3 Å². The predicted molar refractivity (Wildman–Crippen MR) is 204 cm³/mol. The summed E-state index contributed by atoms with van der Waals surface area (Å²) in [6.07, 6.45) is 0. The molecule has 7 aromatic carbocycles. The standard InChI is InChI=1S/C45H31NOS/c1-45(2)38-17-9-6-14-32(38)33-25-24-31(26-39(33)45)46(29-12-4-3-5-13-29)30-22-20-28(21-23-30)36-27-37-34-15-8-11-19-41(34)48-44(37)42-35-16-7-10-18-40(35)47-43(36)42/h3-27H,1-2H3. The number of nitrogens with zero attached hydrogens (tertiary/aromatic N) is 1. The topological polar surface area (TPSA) is 16.4 Å². The molecule has 0 spiro atoms. The van der Waals surface area contributed by atoms with Crippen LogP contribution in [0.15, 0.2) is 156 Å². The van der Waals surface area contributed by atoms with Crippen LogP contribution in [0.5, 0.6) is 0 Å². The summed E-state index contributed by atoms with van der Waals surface area (Å²) >= 11 is 1.85. The van der Waals surface area contributed by atoms with Crippen LogP contribution in [0, 0.1) is 0 Å². The van der Waals surface area contributed by atoms with Crippen LogP contribution in [0.3, 0.4) is 0 Å². The molecule has 1 aliphatic rings. The number of fused-ring (bicyclic) bond motifs is 10. The summed E-state index contributed by atoms with van der Waals surface area (Å²) in [5.41, 5.74) is 12.9. The van der Waals surface area contributed by atoms with Crippen molar-refractivity contribution in [2.24, 2.45) is 0 Å². The number of para-hydroxylation sites is 2. The first-order valence-electron chi connectivity index (χ1n) is 16.5. The van der Waals surface area contributed by atoms with Gasteiger partial charge in [-0.05, 0) is 82.4 Å². The molecule has 0 unspecified atom stereocenters. The average molecular weight is 634 g/mol.